The zero-order chi connectivity index (χ0) is 90.7. The Labute approximate surface area is 787 Å². The van der Waals surface area contributed by atoms with Gasteiger partial charge in [-0.2, -0.15) is 0 Å². The number of halogens is 2. The van der Waals surface area contributed by atoms with Crippen LogP contribution in [0.2, 0.25) is 0 Å². The minimum absolute atomic E-state index is 0. The van der Waals surface area contributed by atoms with E-state index in [1.54, 1.807) is 14.0 Å². The van der Waals surface area contributed by atoms with Crippen molar-refractivity contribution < 1.29 is 135 Å². The number of carbonyl (C=O) groups excluding carboxylic acids is 4. The van der Waals surface area contributed by atoms with Gasteiger partial charge in [-0.15, -0.1) is 0 Å². The zero-order valence-electron chi connectivity index (χ0n) is 79.5. The fourth-order valence-electron chi connectivity index (χ4n) is 7.12. The van der Waals surface area contributed by atoms with Crippen LogP contribution in [0.3, 0.4) is 0 Å². The first kappa shape index (κ1) is 176. The van der Waals surface area contributed by atoms with Gasteiger partial charge in [-0.3, -0.25) is 14.4 Å². The molecule has 125 heavy (non-hydrogen) atoms. The van der Waals surface area contributed by atoms with Gasteiger partial charge in [-0.05, 0) is 178 Å². The summed E-state index contributed by atoms with van der Waals surface area (Å²) in [5.41, 5.74) is 26.0. The summed E-state index contributed by atoms with van der Waals surface area (Å²) in [5, 5.41) is 45.6. The lowest BCUT2D eigenvalue weighted by molar-refractivity contribution is -0.308. The van der Waals surface area contributed by atoms with Crippen LogP contribution < -0.4 is 69.2 Å². The van der Waals surface area contributed by atoms with Crippen LogP contribution in [0.5, 0.6) is 0 Å². The molecule has 1 aliphatic rings. The first-order chi connectivity index (χ1) is 52.9. The number of carboxylic acid groups (broad SMARTS) is 1. The number of ketones is 2. The second-order valence-electron chi connectivity index (χ2n) is 30.9. The molecule has 0 saturated carbocycles. The van der Waals surface area contributed by atoms with Crippen LogP contribution in [0.4, 0.5) is 0 Å². The summed E-state index contributed by atoms with van der Waals surface area (Å²) in [4.78, 5) is 41.9. The van der Waals surface area contributed by atoms with Gasteiger partial charge < -0.3 is 160 Å². The molecule has 1 amide bonds. The zero-order valence-corrected chi connectivity index (χ0v) is 81.0. The van der Waals surface area contributed by atoms with E-state index in [-0.39, 0.29) is 160 Å². The SMILES string of the molecule is C.C.C.C.C.C.C.C.C.CC(=O)COC(C)C.CC(C)CC(=O)[C@@H](N)COC(C)C.CC(C)NCCOC(C)C.CC(C)NCCOC(C)C.CC(C)OCCN.CC(C)OCCOC[C@H]1OC(O)[C@H](C)[C@@H](O)[C@H]1O.CC(C)OC[C@H](N)C(=O)[O-].CC(C)OC[C@H](N)C(N)=O.CCCCCCOC(C)C.CCCOCCOC(C)C.COCCOC(C)C.[Cl-].[Cl-]. The molecule has 0 aromatic carbocycles. The Balaban J connectivity index is -0.0000000501. The van der Waals surface area contributed by atoms with Crippen LogP contribution >= 0.6 is 0 Å². The number of aliphatic hydroxyl groups excluding tert-OH is 3. The van der Waals surface area contributed by atoms with Gasteiger partial charge in [0.15, 0.2) is 17.9 Å². The van der Waals surface area contributed by atoms with Gasteiger partial charge in [0.25, 0.3) is 0 Å². The molecular formula is C93H222Cl2N7O23-3. The molecule has 15 N–H and O–H groups in total. The molecule has 1 rings (SSSR count). The number of Topliss-reactive ketones (excluding diaryl/α,β-unsaturated/α-hetero) is 2. The summed E-state index contributed by atoms with van der Waals surface area (Å²) < 4.78 is 77.5. The third-order valence-electron chi connectivity index (χ3n) is 13.1. The summed E-state index contributed by atoms with van der Waals surface area (Å²) in [6.07, 6.45) is 5.62. The highest BCUT2D eigenvalue weighted by Gasteiger charge is 2.41. The van der Waals surface area contributed by atoms with Gasteiger partial charge in [0.1, 0.15) is 24.9 Å². The van der Waals surface area contributed by atoms with Crippen molar-refractivity contribution >= 4 is 23.4 Å². The van der Waals surface area contributed by atoms with Crippen LogP contribution in [-0.2, 0) is 90.2 Å². The van der Waals surface area contributed by atoms with Gasteiger partial charge in [0.2, 0.25) is 5.91 Å². The van der Waals surface area contributed by atoms with E-state index in [4.69, 9.17) is 99.7 Å². The topological polar surface area (TPSA) is 445 Å². The van der Waals surface area contributed by atoms with Crippen molar-refractivity contribution in [2.24, 2.45) is 40.5 Å². The molecule has 1 heterocycles. The second kappa shape index (κ2) is 128. The third kappa shape index (κ3) is 179. The first-order valence-electron chi connectivity index (χ1n) is 42.0. The minimum Gasteiger partial charge on any atom is -1.00 e. The van der Waals surface area contributed by atoms with Crippen LogP contribution in [-0.4, -0.2) is 293 Å². The molecule has 1 unspecified atom stereocenters. The van der Waals surface area contributed by atoms with Crippen LogP contribution in [0.25, 0.3) is 0 Å². The predicted octanol–water partition coefficient (Wildman–Crippen LogP) is 8.38. The van der Waals surface area contributed by atoms with E-state index in [0.717, 1.165) is 59.2 Å². The number of carboxylic acids is 1. The third-order valence-corrected chi connectivity index (χ3v) is 13.1. The Morgan fingerprint density at radius 1 is 0.408 bits per heavy atom. The average Bonchev–Trinajstić information content (AvgIpc) is 0.827. The number of methoxy groups -OCH3 is 1. The van der Waals surface area contributed by atoms with E-state index in [0.29, 0.717) is 107 Å². The molecule has 0 aromatic heterocycles. The van der Waals surface area contributed by atoms with Crippen molar-refractivity contribution in [3.05, 3.63) is 0 Å². The van der Waals surface area contributed by atoms with Gasteiger partial charge in [-0.25, -0.2) is 0 Å². The molecule has 32 heteroatoms. The summed E-state index contributed by atoms with van der Waals surface area (Å²) in [6, 6.07) is -1.01. The molecule has 1 fully saturated rings. The second-order valence-corrected chi connectivity index (χ2v) is 30.9. The number of unbranched alkanes of at least 4 members (excludes halogenated alkanes) is 3. The molecule has 0 aliphatic carbocycles. The number of ether oxygens (including phenoxy) is 15. The van der Waals surface area contributed by atoms with Crippen molar-refractivity contribution in [3.8, 4) is 0 Å². The van der Waals surface area contributed by atoms with Gasteiger partial charge in [0, 0.05) is 64.4 Å². The van der Waals surface area contributed by atoms with Crippen molar-refractivity contribution in [3.63, 3.8) is 0 Å². The molecule has 784 valence electrons. The number of aliphatic carboxylic acids is 1. The normalized spacial score (nSPS) is 14.4. The van der Waals surface area contributed by atoms with E-state index in [9.17, 15) is 39.6 Å². The molecule has 0 spiro atoms. The first-order valence-corrected chi connectivity index (χ1v) is 42.0. The molecule has 1 aliphatic heterocycles. The number of hydrogen-bond donors (Lipinski definition) is 10. The summed E-state index contributed by atoms with van der Waals surface area (Å²) in [6.45, 7) is 74.6. The van der Waals surface area contributed by atoms with E-state index < -0.39 is 60.5 Å². The maximum absolute atomic E-state index is 11.4. The molecule has 0 aromatic rings. The highest BCUT2D eigenvalue weighted by molar-refractivity contribution is 5.84. The maximum Gasteiger partial charge on any atom is 0.236 e. The average molecular weight is 1880 g/mol. The molecule has 0 bridgehead atoms. The van der Waals surface area contributed by atoms with Gasteiger partial charge in [0.05, 0.1) is 177 Å². The molecule has 30 nitrogen and oxygen atoms in total. The monoisotopic (exact) mass is 1880 g/mol. The van der Waals surface area contributed by atoms with Crippen LogP contribution in [0.15, 0.2) is 0 Å². The number of nitrogens with two attached hydrogens (primary N) is 5. The highest BCUT2D eigenvalue weighted by Crippen LogP contribution is 2.24. The fraction of sp³-hybridized carbons (Fsp3) is 0.957. The quantitative estimate of drug-likeness (QED) is 0.0255. The highest BCUT2D eigenvalue weighted by atomic mass is 35.5. The Hall–Kier alpha value is -2.10. The lowest BCUT2D eigenvalue weighted by Crippen LogP contribution is -3.00. The molecular weight excluding hydrogens is 1650 g/mol. The molecule has 8 atom stereocenters. The Morgan fingerprint density at radius 3 is 1.02 bits per heavy atom. The smallest absolute Gasteiger partial charge is 0.236 e. The number of rotatable bonds is 52. The minimum atomic E-state index is -1.28. The lowest BCUT2D eigenvalue weighted by Gasteiger charge is -2.39. The van der Waals surface area contributed by atoms with Crippen molar-refractivity contribution in [2.45, 2.75) is 449 Å². The number of carbonyl (C=O) groups is 4. The number of hydrogen-bond acceptors (Lipinski definition) is 29. The standard InChI is InChI=1S/C12H24O6.C10H21NO2.C9H20O.2C8H19NO.C8H18O2.C6H14N2O2.C6H13NO3.C6H14O2.C6H12O2.C5H13NO.9CH4.2ClH/c1-7(2)17-5-4-16-6-9-11(14)10(13)8(3)12(15)18-9;1-7(2)5-10(12)9(11)6-13-8(3)4;1-4-5-6-7-8-10-9(2)3;2*1-7(2)9-5-6-10-8(3)4;1-4-5-9-6-7-10-8(2)3;2*1-4(2)10-3-5(7)6(8)9;1-6(2)8-5-4-7-3;1-5(2)8-4-6(3)7;1-5(2)7-4-3-6;;;;;;;;;;;/h7-15H,4-6H2,1-3H3;7-9H,5-6,11H2,1-4H3;9H,4-8H2,1-3H3;2*7-9H,5-6H2,1-4H3;8H,4-7H2,1-3H3;4-5H,3,7H2,1-2H3,(H2,8,9);4-5H,3,7H2,1-2H3,(H,8,9);6H,4-5H2,1-3H3;5H,4H2,1-3H3;5H,3-4,6H2,1-2H3;9*1H4;2*1H/p-3/t8-,9-,10-,11+,12?;9-;;;;;2*5-;;;;;;;;;;;;;;/m10....00............../s1. The number of aliphatic hydroxyl groups is 3. The maximum atomic E-state index is 11.4. The van der Waals surface area contributed by atoms with Gasteiger partial charge >= 0.3 is 0 Å². The number of nitrogens with one attached hydrogen (secondary N) is 2. The van der Waals surface area contributed by atoms with E-state index in [1.807, 2.05) is 125 Å². The van der Waals surface area contributed by atoms with Crippen molar-refractivity contribution in [2.75, 3.05) is 132 Å². The summed E-state index contributed by atoms with van der Waals surface area (Å²) >= 11 is 0. The van der Waals surface area contributed by atoms with E-state index in [1.165, 1.54) is 32.6 Å². The summed E-state index contributed by atoms with van der Waals surface area (Å²) in [7, 11) is 1.67. The fourth-order valence-corrected chi connectivity index (χ4v) is 7.12. The molecule has 1 saturated heterocycles. The largest absolute Gasteiger partial charge is 1.00 e. The van der Waals surface area contributed by atoms with E-state index in [2.05, 4.69) is 93.7 Å². The molecule has 0 radical (unpaired) electrons. The number of primary amides is 1. The number of amides is 1. The van der Waals surface area contributed by atoms with Gasteiger partial charge in [-0.1, -0.05) is 148 Å². The van der Waals surface area contributed by atoms with E-state index >= 15 is 0 Å². The summed E-state index contributed by atoms with van der Waals surface area (Å²) in [5.74, 6) is -1.77. The van der Waals surface area contributed by atoms with Crippen LogP contribution in [0, 0.1) is 11.8 Å². The lowest BCUT2D eigenvalue weighted by atomic mass is 9.93. The predicted molar refractivity (Wildman–Crippen MR) is 521 cm³/mol. The van der Waals surface area contributed by atoms with Crippen LogP contribution in [0.1, 0.15) is 327 Å². The Morgan fingerprint density at radius 2 is 0.736 bits per heavy atom. The van der Waals surface area contributed by atoms with Crippen molar-refractivity contribution in [1.82, 2.24) is 10.6 Å². The Bertz CT molecular complexity index is 1870. The Kier molecular flexibility index (Phi) is 180. The van der Waals surface area contributed by atoms with Crippen molar-refractivity contribution in [1.29, 1.82) is 0 Å².